The standard InChI is InChI=1S/C24H25N3O2/c1-15-2-5-18-13-22(26-21(18)12-15)24(29)27(20-10-11-20)14-16-3-6-17(7-4-16)23(28)25-19-8-9-19/h2-7,12-13,19-20,26H,8-11,14H2,1H3,(H,25,28). The average molecular weight is 387 g/mol. The highest BCUT2D eigenvalue weighted by atomic mass is 16.2. The van der Waals surface area contributed by atoms with Crippen LogP contribution in [0.3, 0.4) is 0 Å². The number of H-pyrrole nitrogens is 1. The number of aromatic nitrogens is 1. The first-order chi connectivity index (χ1) is 14.1. The lowest BCUT2D eigenvalue weighted by molar-refractivity contribution is 0.0724. The summed E-state index contributed by atoms with van der Waals surface area (Å²) in [5.41, 5.74) is 4.52. The minimum absolute atomic E-state index is 0.0115. The number of rotatable bonds is 6. The molecule has 2 aliphatic rings. The second-order valence-electron chi connectivity index (χ2n) is 8.38. The van der Waals surface area contributed by atoms with E-state index in [-0.39, 0.29) is 11.8 Å². The van der Waals surface area contributed by atoms with Gasteiger partial charge in [0.25, 0.3) is 11.8 Å². The summed E-state index contributed by atoms with van der Waals surface area (Å²) in [6.07, 6.45) is 4.26. The van der Waals surface area contributed by atoms with Crippen LogP contribution < -0.4 is 5.32 Å². The van der Waals surface area contributed by atoms with Crippen LogP contribution in [0.5, 0.6) is 0 Å². The van der Waals surface area contributed by atoms with Crippen LogP contribution in [-0.2, 0) is 6.54 Å². The molecule has 2 aromatic carbocycles. The van der Waals surface area contributed by atoms with Crippen LogP contribution in [-0.4, -0.2) is 33.8 Å². The van der Waals surface area contributed by atoms with Gasteiger partial charge in [-0.05, 0) is 68.0 Å². The van der Waals surface area contributed by atoms with Crippen LogP contribution in [0.1, 0.15) is 57.7 Å². The molecule has 0 spiro atoms. The Hall–Kier alpha value is -3.08. The van der Waals surface area contributed by atoms with Gasteiger partial charge in [-0.15, -0.1) is 0 Å². The highest BCUT2D eigenvalue weighted by Crippen LogP contribution is 2.30. The molecule has 0 bridgehead atoms. The second-order valence-corrected chi connectivity index (χ2v) is 8.38. The summed E-state index contributed by atoms with van der Waals surface area (Å²) < 4.78 is 0. The molecule has 2 saturated carbocycles. The van der Waals surface area contributed by atoms with E-state index in [2.05, 4.69) is 22.4 Å². The molecule has 0 atom stereocenters. The zero-order valence-electron chi connectivity index (χ0n) is 16.6. The first-order valence-electron chi connectivity index (χ1n) is 10.4. The van der Waals surface area contributed by atoms with Crippen molar-refractivity contribution in [1.29, 1.82) is 0 Å². The SMILES string of the molecule is Cc1ccc2cc(C(=O)N(Cc3ccc(C(=O)NC4CC4)cc3)C3CC3)[nH]c2c1. The smallest absolute Gasteiger partial charge is 0.270 e. The molecule has 2 fully saturated rings. The highest BCUT2D eigenvalue weighted by molar-refractivity contribution is 5.98. The van der Waals surface area contributed by atoms with E-state index >= 15 is 0 Å². The van der Waals surface area contributed by atoms with Gasteiger partial charge in [-0.1, -0.05) is 24.3 Å². The Bertz CT molecular complexity index is 1080. The van der Waals surface area contributed by atoms with Crippen LogP contribution in [0.15, 0.2) is 48.5 Å². The van der Waals surface area contributed by atoms with Gasteiger partial charge < -0.3 is 15.2 Å². The van der Waals surface area contributed by atoms with Crippen LogP contribution in [0.25, 0.3) is 10.9 Å². The molecular formula is C24H25N3O2. The highest BCUT2D eigenvalue weighted by Gasteiger charge is 2.33. The summed E-state index contributed by atoms with van der Waals surface area (Å²) in [4.78, 5) is 30.6. The third kappa shape index (κ3) is 3.90. The molecule has 5 rings (SSSR count). The van der Waals surface area contributed by atoms with Crippen LogP contribution >= 0.6 is 0 Å². The van der Waals surface area contributed by atoms with Gasteiger partial charge in [0.1, 0.15) is 5.69 Å². The topological polar surface area (TPSA) is 65.2 Å². The summed E-state index contributed by atoms with van der Waals surface area (Å²) in [6, 6.07) is 16.4. The summed E-state index contributed by atoms with van der Waals surface area (Å²) in [7, 11) is 0. The Morgan fingerprint density at radius 1 is 1.03 bits per heavy atom. The second kappa shape index (κ2) is 7.07. The lowest BCUT2D eigenvalue weighted by Crippen LogP contribution is -2.32. The van der Waals surface area contributed by atoms with Crippen molar-refractivity contribution >= 4 is 22.7 Å². The van der Waals surface area contributed by atoms with E-state index in [0.29, 0.717) is 29.9 Å². The maximum atomic E-state index is 13.2. The molecule has 1 heterocycles. The monoisotopic (exact) mass is 387 g/mol. The predicted octanol–water partition coefficient (Wildman–Crippen LogP) is 4.17. The summed E-state index contributed by atoms with van der Waals surface area (Å²) in [6.45, 7) is 2.61. The van der Waals surface area contributed by atoms with Gasteiger partial charge in [-0.25, -0.2) is 0 Å². The van der Waals surface area contributed by atoms with Gasteiger partial charge in [-0.2, -0.15) is 0 Å². The van der Waals surface area contributed by atoms with Gasteiger partial charge in [-0.3, -0.25) is 9.59 Å². The van der Waals surface area contributed by atoms with Crippen molar-refractivity contribution in [2.75, 3.05) is 0 Å². The number of hydrogen-bond acceptors (Lipinski definition) is 2. The molecule has 0 saturated heterocycles. The molecule has 0 aliphatic heterocycles. The number of fused-ring (bicyclic) bond motifs is 1. The molecule has 2 aliphatic carbocycles. The molecule has 0 unspecified atom stereocenters. The molecule has 29 heavy (non-hydrogen) atoms. The number of benzene rings is 2. The Labute approximate surface area is 170 Å². The number of hydrogen-bond donors (Lipinski definition) is 2. The van der Waals surface area contributed by atoms with E-state index in [1.165, 1.54) is 5.56 Å². The van der Waals surface area contributed by atoms with Crippen molar-refractivity contribution < 1.29 is 9.59 Å². The molecule has 2 amide bonds. The van der Waals surface area contributed by atoms with Gasteiger partial charge in [0, 0.05) is 35.1 Å². The number of carbonyl (C=O) groups excluding carboxylic acids is 2. The van der Waals surface area contributed by atoms with E-state index in [1.807, 2.05) is 48.2 Å². The molecule has 148 valence electrons. The Morgan fingerprint density at radius 2 is 1.79 bits per heavy atom. The number of aromatic amines is 1. The molecular weight excluding hydrogens is 362 g/mol. The molecule has 0 radical (unpaired) electrons. The Balaban J connectivity index is 1.33. The molecule has 5 nitrogen and oxygen atoms in total. The zero-order chi connectivity index (χ0) is 20.0. The van der Waals surface area contributed by atoms with Gasteiger partial charge in [0.15, 0.2) is 0 Å². The number of nitrogens with one attached hydrogen (secondary N) is 2. The van der Waals surface area contributed by atoms with Crippen molar-refractivity contribution in [2.45, 2.75) is 51.2 Å². The van der Waals surface area contributed by atoms with E-state index < -0.39 is 0 Å². The lowest BCUT2D eigenvalue weighted by Gasteiger charge is -2.22. The lowest BCUT2D eigenvalue weighted by atomic mass is 10.1. The fourth-order valence-corrected chi connectivity index (χ4v) is 3.72. The average Bonchev–Trinajstić information content (AvgIpc) is 3.65. The van der Waals surface area contributed by atoms with Crippen molar-refractivity contribution in [3.8, 4) is 0 Å². The van der Waals surface area contributed by atoms with E-state index in [0.717, 1.165) is 42.1 Å². The number of carbonyl (C=O) groups is 2. The maximum absolute atomic E-state index is 13.2. The van der Waals surface area contributed by atoms with Crippen LogP contribution in [0.2, 0.25) is 0 Å². The minimum Gasteiger partial charge on any atom is -0.351 e. The van der Waals surface area contributed by atoms with Gasteiger partial charge in [0.2, 0.25) is 0 Å². The van der Waals surface area contributed by atoms with Crippen molar-refractivity contribution in [2.24, 2.45) is 0 Å². The van der Waals surface area contributed by atoms with Crippen molar-refractivity contribution in [3.63, 3.8) is 0 Å². The molecule has 3 aromatic rings. The number of aryl methyl sites for hydroxylation is 1. The van der Waals surface area contributed by atoms with Crippen molar-refractivity contribution in [1.82, 2.24) is 15.2 Å². The normalized spacial score (nSPS) is 16.0. The molecule has 1 aromatic heterocycles. The van der Waals surface area contributed by atoms with Crippen molar-refractivity contribution in [3.05, 3.63) is 70.9 Å². The summed E-state index contributed by atoms with van der Waals surface area (Å²) in [5.74, 6) is 0.0273. The minimum atomic E-state index is -0.0115. The molecule has 5 heteroatoms. The fourth-order valence-electron chi connectivity index (χ4n) is 3.72. The van der Waals surface area contributed by atoms with Gasteiger partial charge in [0.05, 0.1) is 0 Å². The largest absolute Gasteiger partial charge is 0.351 e. The van der Waals surface area contributed by atoms with E-state index in [1.54, 1.807) is 0 Å². The zero-order valence-corrected chi connectivity index (χ0v) is 16.6. The van der Waals surface area contributed by atoms with Crippen LogP contribution in [0, 0.1) is 6.92 Å². The Kier molecular flexibility index (Phi) is 4.38. The summed E-state index contributed by atoms with van der Waals surface area (Å²) in [5, 5.41) is 4.06. The first-order valence-corrected chi connectivity index (χ1v) is 10.4. The van der Waals surface area contributed by atoms with Gasteiger partial charge >= 0.3 is 0 Å². The first kappa shape index (κ1) is 18.0. The number of amides is 2. The third-order valence-electron chi connectivity index (χ3n) is 5.74. The third-order valence-corrected chi connectivity index (χ3v) is 5.74. The molecule has 2 N–H and O–H groups in total. The number of nitrogens with zero attached hydrogens (tertiary/aromatic N) is 1. The summed E-state index contributed by atoms with van der Waals surface area (Å²) >= 11 is 0. The van der Waals surface area contributed by atoms with E-state index in [4.69, 9.17) is 0 Å². The Morgan fingerprint density at radius 3 is 2.48 bits per heavy atom. The van der Waals surface area contributed by atoms with Crippen LogP contribution in [0.4, 0.5) is 0 Å². The fraction of sp³-hybridized carbons (Fsp3) is 0.333. The quantitative estimate of drug-likeness (QED) is 0.667. The maximum Gasteiger partial charge on any atom is 0.270 e. The predicted molar refractivity (Wildman–Crippen MR) is 113 cm³/mol. The van der Waals surface area contributed by atoms with E-state index in [9.17, 15) is 9.59 Å².